The molecule has 0 radical (unpaired) electrons. The number of nitrogens with two attached hydrogens (primary N) is 1. The van der Waals surface area contributed by atoms with Crippen molar-refractivity contribution in [2.24, 2.45) is 5.73 Å². The van der Waals surface area contributed by atoms with Crippen LogP contribution in [0.25, 0.3) is 0 Å². The Hall–Kier alpha value is -1.86. The maximum atomic E-state index is 12.4. The summed E-state index contributed by atoms with van der Waals surface area (Å²) in [5.41, 5.74) is 2.96. The molecule has 8 heteroatoms. The lowest BCUT2D eigenvalue weighted by Crippen LogP contribution is -2.24. The van der Waals surface area contributed by atoms with Gasteiger partial charge in [0, 0.05) is 6.20 Å². The normalized spacial score (nSPS) is 13.5. The summed E-state index contributed by atoms with van der Waals surface area (Å²) in [4.78, 5) is 21.2. The molecule has 0 saturated carbocycles. The summed E-state index contributed by atoms with van der Waals surface area (Å²) in [5, 5.41) is 3.13. The molecule has 2 N–H and O–H groups in total. The van der Waals surface area contributed by atoms with Crippen LogP contribution in [0.4, 0.5) is 13.2 Å². The number of nitrogens with zero attached hydrogens (tertiary/aromatic N) is 2. The molecule has 1 aromatic heterocycles. The summed E-state index contributed by atoms with van der Waals surface area (Å²) in [6.45, 7) is 1.28. The second-order valence-electron chi connectivity index (χ2n) is 3.11. The lowest BCUT2D eigenvalue weighted by atomic mass is 10.2. The van der Waals surface area contributed by atoms with Gasteiger partial charge in [-0.2, -0.15) is 18.3 Å². The van der Waals surface area contributed by atoms with E-state index < -0.39 is 29.4 Å². The van der Waals surface area contributed by atoms with E-state index >= 15 is 0 Å². The first-order chi connectivity index (χ1) is 7.27. The summed E-state index contributed by atoms with van der Waals surface area (Å²) in [7, 11) is 0. The van der Waals surface area contributed by atoms with Gasteiger partial charge in [0.05, 0.1) is 5.56 Å². The quantitative estimate of drug-likeness (QED) is 0.785. The number of amides is 1. The summed E-state index contributed by atoms with van der Waals surface area (Å²) >= 11 is 0. The minimum Gasteiger partial charge on any atom is -0.368 e. The van der Waals surface area contributed by atoms with Gasteiger partial charge in [0.25, 0.3) is 0 Å². The number of carbonyl (C=O) groups is 2. The number of halogens is 3. The molecule has 0 aliphatic heterocycles. The van der Waals surface area contributed by atoms with Gasteiger partial charge in [0.1, 0.15) is 6.04 Å². The second kappa shape index (κ2) is 3.95. The van der Waals surface area contributed by atoms with E-state index in [9.17, 15) is 22.8 Å². The van der Waals surface area contributed by atoms with Crippen LogP contribution in [0.5, 0.6) is 0 Å². The van der Waals surface area contributed by atoms with Crippen LogP contribution in [0.1, 0.15) is 29.0 Å². The average molecular weight is 235 g/mol. The van der Waals surface area contributed by atoms with Crippen molar-refractivity contribution in [3.63, 3.8) is 0 Å². The van der Waals surface area contributed by atoms with Crippen molar-refractivity contribution in [2.75, 3.05) is 0 Å². The Morgan fingerprint density at radius 2 is 2.19 bits per heavy atom. The van der Waals surface area contributed by atoms with Gasteiger partial charge in [0.2, 0.25) is 5.91 Å². The van der Waals surface area contributed by atoms with Crippen molar-refractivity contribution in [1.82, 2.24) is 9.78 Å². The summed E-state index contributed by atoms with van der Waals surface area (Å²) in [6.07, 6.45) is -3.87. The van der Waals surface area contributed by atoms with Crippen LogP contribution in [0, 0.1) is 0 Å². The molecule has 1 atom stereocenters. The molecular formula is C8H8F3N3O2. The minimum atomic E-state index is -4.74. The molecule has 1 rings (SSSR count). The molecule has 1 amide bonds. The highest BCUT2D eigenvalue weighted by molar-refractivity contribution is 5.79. The molecule has 0 aliphatic rings. The fourth-order valence-electron chi connectivity index (χ4n) is 1.04. The van der Waals surface area contributed by atoms with Gasteiger partial charge in [0.15, 0.2) is 12.0 Å². The summed E-state index contributed by atoms with van der Waals surface area (Å²) in [6, 6.07) is -1.05. The highest BCUT2D eigenvalue weighted by atomic mass is 19.4. The first kappa shape index (κ1) is 12.2. The Kier molecular flexibility index (Phi) is 3.02. The molecule has 5 nitrogen and oxygen atoms in total. The summed E-state index contributed by atoms with van der Waals surface area (Å²) in [5.74, 6) is -0.839. The second-order valence-corrected chi connectivity index (χ2v) is 3.11. The minimum absolute atomic E-state index is 0.0278. The average Bonchev–Trinajstić information content (AvgIpc) is 2.59. The van der Waals surface area contributed by atoms with Crippen molar-refractivity contribution in [3.8, 4) is 0 Å². The van der Waals surface area contributed by atoms with Gasteiger partial charge in [-0.1, -0.05) is 0 Å². The number of primary amides is 1. The summed E-state index contributed by atoms with van der Waals surface area (Å²) < 4.78 is 37.8. The number of aldehydes is 1. The first-order valence-electron chi connectivity index (χ1n) is 4.18. The maximum Gasteiger partial charge on any atom is 0.435 e. The van der Waals surface area contributed by atoms with Gasteiger partial charge in [-0.25, -0.2) is 0 Å². The highest BCUT2D eigenvalue weighted by Crippen LogP contribution is 2.30. The van der Waals surface area contributed by atoms with Crippen LogP contribution in [-0.4, -0.2) is 22.0 Å². The molecule has 0 saturated heterocycles. The van der Waals surface area contributed by atoms with Crippen LogP contribution >= 0.6 is 0 Å². The molecule has 0 aromatic carbocycles. The van der Waals surface area contributed by atoms with Crippen LogP contribution in [0.15, 0.2) is 6.20 Å². The van der Waals surface area contributed by atoms with E-state index in [0.29, 0.717) is 0 Å². The zero-order valence-electron chi connectivity index (χ0n) is 8.15. The molecule has 0 aliphatic carbocycles. The van der Waals surface area contributed by atoms with Gasteiger partial charge >= 0.3 is 6.18 Å². The van der Waals surface area contributed by atoms with Crippen molar-refractivity contribution < 1.29 is 22.8 Å². The Balaban J connectivity index is 3.23. The zero-order chi connectivity index (χ0) is 12.5. The molecule has 16 heavy (non-hydrogen) atoms. The van der Waals surface area contributed by atoms with Crippen LogP contribution in [0.3, 0.4) is 0 Å². The highest BCUT2D eigenvalue weighted by Gasteiger charge is 2.37. The number of carbonyl (C=O) groups excluding carboxylic acids is 2. The van der Waals surface area contributed by atoms with Crippen molar-refractivity contribution >= 4 is 12.2 Å². The van der Waals surface area contributed by atoms with Crippen LogP contribution < -0.4 is 5.73 Å². The van der Waals surface area contributed by atoms with Crippen LogP contribution in [-0.2, 0) is 11.0 Å². The largest absolute Gasteiger partial charge is 0.435 e. The predicted molar refractivity (Wildman–Crippen MR) is 46.5 cm³/mol. The van der Waals surface area contributed by atoms with Gasteiger partial charge in [-0.3, -0.25) is 14.3 Å². The molecule has 1 heterocycles. The first-order valence-corrected chi connectivity index (χ1v) is 4.18. The molecule has 1 unspecified atom stereocenters. The van der Waals surface area contributed by atoms with Gasteiger partial charge in [-0.05, 0) is 6.92 Å². The monoisotopic (exact) mass is 235 g/mol. The lowest BCUT2D eigenvalue weighted by Gasteiger charge is -2.07. The van der Waals surface area contributed by atoms with Crippen molar-refractivity contribution in [1.29, 1.82) is 0 Å². The number of alkyl halides is 3. The topological polar surface area (TPSA) is 78.0 Å². The lowest BCUT2D eigenvalue weighted by molar-refractivity contribution is -0.142. The van der Waals surface area contributed by atoms with E-state index in [0.717, 1.165) is 10.9 Å². The number of hydrogen-bond donors (Lipinski definition) is 1. The smallest absolute Gasteiger partial charge is 0.368 e. The van der Waals surface area contributed by atoms with Gasteiger partial charge < -0.3 is 5.73 Å². The maximum absolute atomic E-state index is 12.4. The van der Waals surface area contributed by atoms with E-state index in [4.69, 9.17) is 5.73 Å². The predicted octanol–water partition coefficient (Wildman–Crippen LogP) is 0.761. The fraction of sp³-hybridized carbons (Fsp3) is 0.375. The van der Waals surface area contributed by atoms with Crippen LogP contribution in [0.2, 0.25) is 0 Å². The molecule has 88 valence electrons. The van der Waals surface area contributed by atoms with E-state index in [1.165, 1.54) is 6.92 Å². The van der Waals surface area contributed by atoms with E-state index in [-0.39, 0.29) is 6.29 Å². The Morgan fingerprint density at radius 1 is 1.62 bits per heavy atom. The third-order valence-corrected chi connectivity index (χ3v) is 1.96. The van der Waals surface area contributed by atoms with Crippen molar-refractivity contribution in [2.45, 2.75) is 19.1 Å². The molecule has 0 bridgehead atoms. The molecule has 0 fully saturated rings. The fourth-order valence-corrected chi connectivity index (χ4v) is 1.04. The third-order valence-electron chi connectivity index (χ3n) is 1.96. The van der Waals surface area contributed by atoms with Crippen molar-refractivity contribution in [3.05, 3.63) is 17.5 Å². The molecule has 0 spiro atoms. The Bertz CT molecular complexity index is 425. The number of rotatable bonds is 3. The Morgan fingerprint density at radius 3 is 2.50 bits per heavy atom. The third kappa shape index (κ3) is 2.20. The standard InChI is InChI=1S/C8H8F3N3O2/c1-4(7(12)16)14-2-5(3-15)6(13-14)8(9,10)11/h2-4H,1H3,(H2,12,16). The number of hydrogen-bond acceptors (Lipinski definition) is 3. The number of aromatic nitrogens is 2. The zero-order valence-corrected chi connectivity index (χ0v) is 8.15. The van der Waals surface area contributed by atoms with E-state index in [1.54, 1.807) is 0 Å². The van der Waals surface area contributed by atoms with E-state index in [1.807, 2.05) is 0 Å². The molecule has 1 aromatic rings. The SMILES string of the molecule is CC(C(N)=O)n1cc(C=O)c(C(F)(F)F)n1. The van der Waals surface area contributed by atoms with Gasteiger partial charge in [-0.15, -0.1) is 0 Å². The van der Waals surface area contributed by atoms with E-state index in [2.05, 4.69) is 5.10 Å². The molecular weight excluding hydrogens is 227 g/mol. The Labute approximate surface area is 88.0 Å².